The maximum absolute atomic E-state index is 12.8. The molecule has 4 rings (SSSR count). The van der Waals surface area contributed by atoms with Gasteiger partial charge >= 0.3 is 0 Å². The summed E-state index contributed by atoms with van der Waals surface area (Å²) in [5.41, 5.74) is 8.82. The average Bonchev–Trinajstić information content (AvgIpc) is 3.14. The molecule has 134 valence electrons. The van der Waals surface area contributed by atoms with E-state index in [2.05, 4.69) is 5.10 Å². The molecule has 0 radical (unpaired) electrons. The number of benzene rings is 1. The highest BCUT2D eigenvalue weighted by Gasteiger charge is 2.31. The number of carbonyl (C=O) groups excluding carboxylic acids is 1. The predicted molar refractivity (Wildman–Crippen MR) is 102 cm³/mol. The van der Waals surface area contributed by atoms with Crippen LogP contribution in [0.15, 0.2) is 36.5 Å². The van der Waals surface area contributed by atoms with E-state index < -0.39 is 0 Å². The van der Waals surface area contributed by atoms with Gasteiger partial charge in [-0.3, -0.25) is 4.79 Å². The van der Waals surface area contributed by atoms with Crippen LogP contribution in [-0.4, -0.2) is 26.7 Å². The molecule has 7 heteroatoms. The molecule has 0 saturated heterocycles. The molecule has 0 fully saturated rings. The van der Waals surface area contributed by atoms with Crippen LogP contribution in [0.2, 0.25) is 5.02 Å². The first kappa shape index (κ1) is 17.0. The zero-order valence-corrected chi connectivity index (χ0v) is 15.3. The fourth-order valence-corrected chi connectivity index (χ4v) is 3.48. The molecule has 0 spiro atoms. The summed E-state index contributed by atoms with van der Waals surface area (Å²) in [6.45, 7) is 3.21. The zero-order chi connectivity index (χ0) is 18.3. The van der Waals surface area contributed by atoms with Crippen LogP contribution in [-0.2, 0) is 13.1 Å². The van der Waals surface area contributed by atoms with Gasteiger partial charge in [0.15, 0.2) is 5.65 Å². The number of rotatable bonds is 5. The van der Waals surface area contributed by atoms with Crippen molar-refractivity contribution in [3.8, 4) is 0 Å². The number of pyridine rings is 1. The number of carbonyl (C=O) groups is 1. The standard InChI is InChI=1S/C19H20ClN5O/c1-12(21)4-3-7-25-18-13(10-22-25)8-16-17(23-18)11-24(19(16)26)15-6-2-5-14(20)9-15/h2,5-6,8-10,12H,3-4,7,11,21H2,1H3. The Morgan fingerprint density at radius 1 is 1.35 bits per heavy atom. The summed E-state index contributed by atoms with van der Waals surface area (Å²) in [5.74, 6) is -0.0543. The Hall–Kier alpha value is -2.44. The number of fused-ring (bicyclic) bond motifs is 2. The number of hydrogen-bond donors (Lipinski definition) is 1. The highest BCUT2D eigenvalue weighted by Crippen LogP contribution is 2.30. The van der Waals surface area contributed by atoms with Gasteiger partial charge in [-0.05, 0) is 44.0 Å². The largest absolute Gasteiger partial charge is 0.328 e. The molecule has 2 N–H and O–H groups in total. The quantitative estimate of drug-likeness (QED) is 0.748. The highest BCUT2D eigenvalue weighted by molar-refractivity contribution is 6.31. The summed E-state index contributed by atoms with van der Waals surface area (Å²) >= 11 is 6.07. The number of aryl methyl sites for hydroxylation is 1. The Morgan fingerprint density at radius 3 is 2.96 bits per heavy atom. The fraction of sp³-hybridized carbons (Fsp3) is 0.316. The number of nitrogens with two attached hydrogens (primary N) is 1. The second-order valence-electron chi connectivity index (χ2n) is 6.75. The molecule has 1 aliphatic rings. The number of nitrogens with zero attached hydrogens (tertiary/aromatic N) is 4. The Morgan fingerprint density at radius 2 is 2.19 bits per heavy atom. The van der Waals surface area contributed by atoms with E-state index in [9.17, 15) is 4.79 Å². The first-order valence-corrected chi connectivity index (χ1v) is 9.09. The molecule has 1 amide bonds. The van der Waals surface area contributed by atoms with Crippen molar-refractivity contribution in [3.63, 3.8) is 0 Å². The summed E-state index contributed by atoms with van der Waals surface area (Å²) in [6, 6.07) is 9.37. The van der Waals surface area contributed by atoms with Gasteiger partial charge in [0.25, 0.3) is 5.91 Å². The second-order valence-corrected chi connectivity index (χ2v) is 7.19. The summed E-state index contributed by atoms with van der Waals surface area (Å²) in [4.78, 5) is 19.2. The maximum Gasteiger partial charge on any atom is 0.260 e. The SMILES string of the molecule is CC(N)CCCn1ncc2cc3c(nc21)CN(c1cccc(Cl)c1)C3=O. The van der Waals surface area contributed by atoms with Crippen molar-refractivity contribution >= 4 is 34.2 Å². The number of halogens is 1. The normalized spacial score (nSPS) is 14.9. The van der Waals surface area contributed by atoms with Crippen LogP contribution >= 0.6 is 11.6 Å². The van der Waals surface area contributed by atoms with Crippen molar-refractivity contribution in [3.05, 3.63) is 52.8 Å². The van der Waals surface area contributed by atoms with Crippen LogP contribution in [0.1, 0.15) is 35.8 Å². The smallest absolute Gasteiger partial charge is 0.260 e. The third kappa shape index (κ3) is 3.06. The molecule has 2 aromatic heterocycles. The number of aromatic nitrogens is 3. The molecule has 26 heavy (non-hydrogen) atoms. The van der Waals surface area contributed by atoms with Crippen LogP contribution in [0.5, 0.6) is 0 Å². The second kappa shape index (κ2) is 6.70. The summed E-state index contributed by atoms with van der Waals surface area (Å²) < 4.78 is 1.89. The van der Waals surface area contributed by atoms with Gasteiger partial charge in [-0.2, -0.15) is 5.10 Å². The van der Waals surface area contributed by atoms with Crippen molar-refractivity contribution in [1.29, 1.82) is 0 Å². The van der Waals surface area contributed by atoms with Gasteiger partial charge in [0.2, 0.25) is 0 Å². The van der Waals surface area contributed by atoms with Crippen molar-refractivity contribution < 1.29 is 4.79 Å². The lowest BCUT2D eigenvalue weighted by molar-refractivity contribution is 0.0996. The molecule has 1 unspecified atom stereocenters. The summed E-state index contributed by atoms with van der Waals surface area (Å²) in [5, 5.41) is 5.90. The minimum absolute atomic E-state index is 0.0543. The van der Waals surface area contributed by atoms with E-state index in [4.69, 9.17) is 22.3 Å². The lowest BCUT2D eigenvalue weighted by Crippen LogP contribution is -2.22. The van der Waals surface area contributed by atoms with E-state index in [1.54, 1.807) is 23.2 Å². The van der Waals surface area contributed by atoms with Crippen molar-refractivity contribution in [2.75, 3.05) is 4.90 Å². The molecule has 1 aromatic carbocycles. The predicted octanol–water partition coefficient (Wildman–Crippen LogP) is 3.37. The average molecular weight is 370 g/mol. The van der Waals surface area contributed by atoms with E-state index in [-0.39, 0.29) is 11.9 Å². The molecule has 0 aliphatic carbocycles. The van der Waals surface area contributed by atoms with Crippen LogP contribution in [0.3, 0.4) is 0 Å². The van der Waals surface area contributed by atoms with Crippen LogP contribution < -0.4 is 10.6 Å². The zero-order valence-electron chi connectivity index (χ0n) is 14.5. The van der Waals surface area contributed by atoms with Crippen LogP contribution in [0.4, 0.5) is 5.69 Å². The maximum atomic E-state index is 12.8. The Balaban J connectivity index is 1.64. The van der Waals surface area contributed by atoms with Gasteiger partial charge in [-0.1, -0.05) is 17.7 Å². The first-order valence-electron chi connectivity index (χ1n) is 8.71. The fourth-order valence-electron chi connectivity index (χ4n) is 3.30. The van der Waals surface area contributed by atoms with E-state index in [1.165, 1.54) is 0 Å². The molecule has 6 nitrogen and oxygen atoms in total. The van der Waals surface area contributed by atoms with Crippen molar-refractivity contribution in [2.24, 2.45) is 5.73 Å². The first-order chi connectivity index (χ1) is 12.5. The topological polar surface area (TPSA) is 77.0 Å². The molecule has 1 atom stereocenters. The molecule has 0 bridgehead atoms. The third-order valence-corrected chi connectivity index (χ3v) is 4.86. The van der Waals surface area contributed by atoms with Gasteiger partial charge in [0, 0.05) is 28.7 Å². The number of amides is 1. The van der Waals surface area contributed by atoms with E-state index in [1.807, 2.05) is 29.8 Å². The number of hydrogen-bond acceptors (Lipinski definition) is 4. The van der Waals surface area contributed by atoms with Gasteiger partial charge < -0.3 is 10.6 Å². The Kier molecular flexibility index (Phi) is 4.38. The lowest BCUT2D eigenvalue weighted by atomic mass is 10.2. The lowest BCUT2D eigenvalue weighted by Gasteiger charge is -2.15. The van der Waals surface area contributed by atoms with Crippen LogP contribution in [0.25, 0.3) is 11.0 Å². The monoisotopic (exact) mass is 369 g/mol. The summed E-state index contributed by atoms with van der Waals surface area (Å²) in [6.07, 6.45) is 3.65. The Bertz CT molecular complexity index is 981. The molecular weight excluding hydrogens is 350 g/mol. The van der Waals surface area contributed by atoms with Crippen LogP contribution in [0, 0.1) is 0 Å². The number of anilines is 1. The molecule has 3 aromatic rings. The van der Waals surface area contributed by atoms with Gasteiger partial charge in [0.05, 0.1) is 24.0 Å². The van der Waals surface area contributed by atoms with Crippen molar-refractivity contribution in [1.82, 2.24) is 14.8 Å². The minimum Gasteiger partial charge on any atom is -0.328 e. The highest BCUT2D eigenvalue weighted by atomic mass is 35.5. The minimum atomic E-state index is -0.0543. The van der Waals surface area contributed by atoms with E-state index in [0.717, 1.165) is 41.8 Å². The molecule has 1 aliphatic heterocycles. The molecular formula is C19H20ClN5O. The van der Waals surface area contributed by atoms with Crippen molar-refractivity contribution in [2.45, 2.75) is 38.9 Å². The summed E-state index contributed by atoms with van der Waals surface area (Å²) in [7, 11) is 0. The van der Waals surface area contributed by atoms with Gasteiger partial charge in [-0.25, -0.2) is 9.67 Å². The molecule has 0 saturated carbocycles. The Labute approximate surface area is 156 Å². The van der Waals surface area contributed by atoms with Gasteiger partial charge in [-0.15, -0.1) is 0 Å². The molecule has 3 heterocycles. The third-order valence-electron chi connectivity index (χ3n) is 4.62. The van der Waals surface area contributed by atoms with E-state index >= 15 is 0 Å². The van der Waals surface area contributed by atoms with E-state index in [0.29, 0.717) is 17.1 Å². The van der Waals surface area contributed by atoms with Gasteiger partial charge in [0.1, 0.15) is 0 Å².